The lowest BCUT2D eigenvalue weighted by Gasteiger charge is -2.34. The molecule has 1 aliphatic heterocycles. The molecule has 1 atom stereocenters. The van der Waals surface area contributed by atoms with Crippen LogP contribution < -0.4 is 11.1 Å². The molecular formula is C19H27IN4O2S. The van der Waals surface area contributed by atoms with Gasteiger partial charge in [-0.3, -0.25) is 4.79 Å². The Labute approximate surface area is 181 Å². The summed E-state index contributed by atoms with van der Waals surface area (Å²) in [7, 11) is 0. The lowest BCUT2D eigenvalue weighted by atomic mass is 9.95. The van der Waals surface area contributed by atoms with Crippen LogP contribution in [0.15, 0.2) is 45.3 Å². The number of primary amides is 1. The maximum atomic E-state index is 11.3. The van der Waals surface area contributed by atoms with Crippen LogP contribution in [0.4, 0.5) is 0 Å². The zero-order valence-corrected chi connectivity index (χ0v) is 18.4. The Hall–Kier alpha value is -1.55. The van der Waals surface area contributed by atoms with Gasteiger partial charge in [0, 0.05) is 37.4 Å². The highest BCUT2D eigenvalue weighted by Crippen LogP contribution is 2.20. The van der Waals surface area contributed by atoms with Gasteiger partial charge in [0.2, 0.25) is 5.91 Å². The highest BCUT2D eigenvalue weighted by molar-refractivity contribution is 14.0. The van der Waals surface area contributed by atoms with Crippen molar-refractivity contribution in [3.8, 4) is 0 Å². The van der Waals surface area contributed by atoms with E-state index in [0.29, 0.717) is 18.9 Å². The van der Waals surface area contributed by atoms with Gasteiger partial charge < -0.3 is 20.4 Å². The third kappa shape index (κ3) is 7.17. The Morgan fingerprint density at radius 3 is 3.00 bits per heavy atom. The summed E-state index contributed by atoms with van der Waals surface area (Å²) in [5.74, 6) is 1.94. The van der Waals surface area contributed by atoms with Crippen molar-refractivity contribution < 1.29 is 9.21 Å². The maximum Gasteiger partial charge on any atom is 0.217 e. The van der Waals surface area contributed by atoms with Crippen molar-refractivity contribution in [2.75, 3.05) is 19.6 Å². The first-order chi connectivity index (χ1) is 12.7. The quantitative estimate of drug-likeness (QED) is 0.346. The van der Waals surface area contributed by atoms with E-state index in [1.165, 1.54) is 4.88 Å². The lowest BCUT2D eigenvalue weighted by molar-refractivity contribution is -0.119. The Kier molecular flexibility index (Phi) is 9.12. The summed E-state index contributed by atoms with van der Waals surface area (Å²) in [6.07, 6.45) is 5.05. The van der Waals surface area contributed by atoms with E-state index >= 15 is 0 Å². The van der Waals surface area contributed by atoms with Crippen LogP contribution in [0.3, 0.4) is 0 Å². The number of hydrogen-bond acceptors (Lipinski definition) is 4. The predicted molar refractivity (Wildman–Crippen MR) is 119 cm³/mol. The second-order valence-corrected chi connectivity index (χ2v) is 7.63. The summed E-state index contributed by atoms with van der Waals surface area (Å²) in [6.45, 7) is 3.19. The number of hydrogen-bond donors (Lipinski definition) is 2. The maximum absolute atomic E-state index is 11.3. The number of halogens is 1. The molecule has 3 heterocycles. The number of likely N-dealkylation sites (tertiary alicyclic amines) is 1. The van der Waals surface area contributed by atoms with Gasteiger partial charge in [-0.1, -0.05) is 6.07 Å². The van der Waals surface area contributed by atoms with E-state index in [1.807, 2.05) is 18.2 Å². The fourth-order valence-electron chi connectivity index (χ4n) is 3.28. The average Bonchev–Trinajstić information content (AvgIpc) is 3.31. The molecule has 2 aromatic heterocycles. The number of amides is 1. The van der Waals surface area contributed by atoms with Crippen LogP contribution in [0.5, 0.6) is 0 Å². The van der Waals surface area contributed by atoms with Gasteiger partial charge in [0.25, 0.3) is 0 Å². The molecule has 1 saturated heterocycles. The van der Waals surface area contributed by atoms with E-state index in [-0.39, 0.29) is 29.9 Å². The Balaban J connectivity index is 0.00000261. The Morgan fingerprint density at radius 1 is 1.41 bits per heavy atom. The van der Waals surface area contributed by atoms with Gasteiger partial charge >= 0.3 is 0 Å². The summed E-state index contributed by atoms with van der Waals surface area (Å²) >= 11 is 1.71. The van der Waals surface area contributed by atoms with Crippen LogP contribution in [0.2, 0.25) is 0 Å². The summed E-state index contributed by atoms with van der Waals surface area (Å²) in [5.41, 5.74) is 5.39. The number of carbonyl (C=O) groups excluding carboxylic acids is 1. The van der Waals surface area contributed by atoms with E-state index in [4.69, 9.17) is 15.1 Å². The van der Waals surface area contributed by atoms with Crippen molar-refractivity contribution in [1.29, 1.82) is 0 Å². The number of guanidine groups is 1. The number of nitrogens with zero attached hydrogens (tertiary/aromatic N) is 2. The Bertz CT molecular complexity index is 703. The minimum absolute atomic E-state index is 0. The number of nitrogens with one attached hydrogen (secondary N) is 1. The Morgan fingerprint density at radius 2 is 2.30 bits per heavy atom. The van der Waals surface area contributed by atoms with E-state index in [9.17, 15) is 4.79 Å². The zero-order chi connectivity index (χ0) is 18.2. The third-order valence-corrected chi connectivity index (χ3v) is 5.37. The average molecular weight is 502 g/mol. The van der Waals surface area contributed by atoms with Gasteiger partial charge in [0.1, 0.15) is 5.76 Å². The second-order valence-electron chi connectivity index (χ2n) is 6.60. The van der Waals surface area contributed by atoms with Gasteiger partial charge in [-0.05, 0) is 42.3 Å². The molecule has 3 rings (SSSR count). The fourth-order valence-corrected chi connectivity index (χ4v) is 3.91. The summed E-state index contributed by atoms with van der Waals surface area (Å²) in [6, 6.07) is 8.03. The molecule has 1 aliphatic rings. The van der Waals surface area contributed by atoms with Crippen molar-refractivity contribution in [2.45, 2.75) is 32.2 Å². The minimum atomic E-state index is -0.222. The predicted octanol–water partition coefficient (Wildman–Crippen LogP) is 3.23. The molecule has 0 spiro atoms. The second kappa shape index (κ2) is 11.3. The molecule has 6 nitrogen and oxygen atoms in total. The standard InChI is InChI=1S/C19H26N4O2S.HI/c20-18(24)12-15-4-1-9-23(14-15)19(22-13-17-6-3-11-26-17)21-8-7-16-5-2-10-25-16;/h2-3,5-6,10-11,15H,1,4,7-9,12-14H2,(H2,20,24)(H,21,22);1H. The molecule has 0 saturated carbocycles. The molecule has 2 aromatic rings. The van der Waals surface area contributed by atoms with Crippen LogP contribution in [-0.4, -0.2) is 36.4 Å². The van der Waals surface area contributed by atoms with Gasteiger partial charge in [0.15, 0.2) is 5.96 Å². The number of nitrogens with two attached hydrogens (primary N) is 1. The number of thiophene rings is 1. The van der Waals surface area contributed by atoms with Gasteiger partial charge in [-0.2, -0.15) is 0 Å². The van der Waals surface area contributed by atoms with Crippen LogP contribution >= 0.6 is 35.3 Å². The summed E-state index contributed by atoms with van der Waals surface area (Å²) in [5, 5.41) is 5.54. The first-order valence-electron chi connectivity index (χ1n) is 9.07. The largest absolute Gasteiger partial charge is 0.469 e. The molecule has 0 aromatic carbocycles. The zero-order valence-electron chi connectivity index (χ0n) is 15.3. The number of aliphatic imine (C=N–C) groups is 1. The highest BCUT2D eigenvalue weighted by atomic mass is 127. The molecule has 27 heavy (non-hydrogen) atoms. The van der Waals surface area contributed by atoms with Crippen LogP contribution in [0.1, 0.15) is 29.9 Å². The van der Waals surface area contributed by atoms with Crippen molar-refractivity contribution in [3.05, 3.63) is 46.5 Å². The summed E-state index contributed by atoms with van der Waals surface area (Å²) in [4.78, 5) is 19.6. The van der Waals surface area contributed by atoms with E-state index < -0.39 is 0 Å². The van der Waals surface area contributed by atoms with Crippen molar-refractivity contribution in [1.82, 2.24) is 10.2 Å². The van der Waals surface area contributed by atoms with Crippen LogP contribution in [0, 0.1) is 5.92 Å². The van der Waals surface area contributed by atoms with Gasteiger partial charge in [-0.15, -0.1) is 35.3 Å². The molecule has 148 valence electrons. The van der Waals surface area contributed by atoms with E-state index in [1.54, 1.807) is 17.6 Å². The SMILES string of the molecule is I.NC(=O)CC1CCCN(C(=NCc2cccs2)NCCc2ccco2)C1. The first-order valence-corrected chi connectivity index (χ1v) is 9.95. The minimum Gasteiger partial charge on any atom is -0.469 e. The number of piperidine rings is 1. The molecule has 0 radical (unpaired) electrons. The van der Waals surface area contributed by atoms with Crippen molar-refractivity contribution in [3.63, 3.8) is 0 Å². The van der Waals surface area contributed by atoms with Crippen LogP contribution in [0.25, 0.3) is 0 Å². The molecule has 0 bridgehead atoms. The fraction of sp³-hybridized carbons (Fsp3) is 0.474. The first kappa shape index (κ1) is 21.7. The number of rotatable bonds is 7. The molecule has 8 heteroatoms. The number of furan rings is 1. The van der Waals surface area contributed by atoms with Crippen molar-refractivity contribution in [2.24, 2.45) is 16.6 Å². The molecule has 0 aliphatic carbocycles. The monoisotopic (exact) mass is 502 g/mol. The van der Waals surface area contributed by atoms with Crippen molar-refractivity contribution >= 4 is 47.2 Å². The van der Waals surface area contributed by atoms with Gasteiger partial charge in [0.05, 0.1) is 12.8 Å². The van der Waals surface area contributed by atoms with Gasteiger partial charge in [-0.25, -0.2) is 4.99 Å². The molecule has 1 unspecified atom stereocenters. The molecular weight excluding hydrogens is 475 g/mol. The van der Waals surface area contributed by atoms with E-state index in [2.05, 4.69) is 21.7 Å². The van der Waals surface area contributed by atoms with Crippen LogP contribution in [-0.2, 0) is 17.8 Å². The molecule has 1 amide bonds. The normalized spacial score (nSPS) is 17.4. The third-order valence-electron chi connectivity index (χ3n) is 4.51. The molecule has 1 fully saturated rings. The van der Waals surface area contributed by atoms with E-state index in [0.717, 1.165) is 50.6 Å². The topological polar surface area (TPSA) is 83.9 Å². The summed E-state index contributed by atoms with van der Waals surface area (Å²) < 4.78 is 5.40. The molecule has 3 N–H and O–H groups in total. The highest BCUT2D eigenvalue weighted by Gasteiger charge is 2.23. The smallest absolute Gasteiger partial charge is 0.217 e. The lowest BCUT2D eigenvalue weighted by Crippen LogP contribution is -2.47. The number of carbonyl (C=O) groups is 1.